The summed E-state index contributed by atoms with van der Waals surface area (Å²) in [6.07, 6.45) is 4.65. The number of ether oxygens (including phenoxy) is 1. The number of amides is 1. The molecule has 0 unspecified atom stereocenters. The Morgan fingerprint density at radius 2 is 1.82 bits per heavy atom. The third-order valence-electron chi connectivity index (χ3n) is 5.20. The lowest BCUT2D eigenvalue weighted by Crippen LogP contribution is -2.40. The second-order valence-electron chi connectivity index (χ2n) is 7.29. The molecule has 1 N–H and O–H groups in total. The van der Waals surface area contributed by atoms with Crippen molar-refractivity contribution in [2.45, 2.75) is 62.5 Å². The number of benzene rings is 1. The summed E-state index contributed by atoms with van der Waals surface area (Å²) in [5, 5.41) is 2.93. The Balaban J connectivity index is 1.70. The first-order valence-electron chi connectivity index (χ1n) is 9.60. The van der Waals surface area contributed by atoms with Crippen LogP contribution in [0.2, 0.25) is 5.02 Å². The van der Waals surface area contributed by atoms with Gasteiger partial charge in [0.2, 0.25) is 10.0 Å². The first kappa shape index (κ1) is 21.1. The summed E-state index contributed by atoms with van der Waals surface area (Å²) in [5.74, 6) is -1.11. The SMILES string of the molecule is C[C@H](OC(=O)c1ccc(Cl)c(S(=O)(=O)N2CCCC2)c1)C(=O)NC1CCCC1. The molecule has 7 nitrogen and oxygen atoms in total. The first-order chi connectivity index (χ1) is 13.3. The van der Waals surface area contributed by atoms with E-state index < -0.39 is 22.1 Å². The normalized spacial score (nSPS) is 19.5. The molecule has 0 aromatic heterocycles. The Bertz CT molecular complexity index is 846. The molecule has 0 spiro atoms. The van der Waals surface area contributed by atoms with Gasteiger partial charge in [0.05, 0.1) is 10.6 Å². The fourth-order valence-corrected chi connectivity index (χ4v) is 5.58. The summed E-state index contributed by atoms with van der Waals surface area (Å²) < 4.78 is 32.2. The Kier molecular flexibility index (Phi) is 6.62. The van der Waals surface area contributed by atoms with Crippen LogP contribution < -0.4 is 5.32 Å². The van der Waals surface area contributed by atoms with Crippen LogP contribution in [0.4, 0.5) is 0 Å². The van der Waals surface area contributed by atoms with E-state index in [-0.39, 0.29) is 27.4 Å². The van der Waals surface area contributed by atoms with E-state index in [0.717, 1.165) is 38.5 Å². The highest BCUT2D eigenvalue weighted by Gasteiger charge is 2.30. The maximum atomic E-state index is 12.8. The van der Waals surface area contributed by atoms with Gasteiger partial charge in [-0.1, -0.05) is 24.4 Å². The molecular formula is C19H25ClN2O5S. The minimum Gasteiger partial charge on any atom is -0.449 e. The van der Waals surface area contributed by atoms with E-state index in [1.54, 1.807) is 0 Å². The molecule has 1 amide bonds. The number of hydrogen-bond donors (Lipinski definition) is 1. The van der Waals surface area contributed by atoms with E-state index in [0.29, 0.717) is 13.1 Å². The molecule has 1 heterocycles. The van der Waals surface area contributed by atoms with Gasteiger partial charge in [-0.15, -0.1) is 0 Å². The van der Waals surface area contributed by atoms with Gasteiger partial charge in [0.15, 0.2) is 6.10 Å². The van der Waals surface area contributed by atoms with E-state index in [9.17, 15) is 18.0 Å². The fourth-order valence-electron chi connectivity index (χ4n) is 3.57. The van der Waals surface area contributed by atoms with Crippen LogP contribution in [0.3, 0.4) is 0 Å². The number of esters is 1. The molecule has 1 aromatic rings. The fraction of sp³-hybridized carbons (Fsp3) is 0.579. The molecule has 0 radical (unpaired) electrons. The van der Waals surface area contributed by atoms with Crippen molar-refractivity contribution in [1.29, 1.82) is 0 Å². The predicted octanol–water partition coefficient (Wildman–Crippen LogP) is 2.73. The van der Waals surface area contributed by atoms with E-state index >= 15 is 0 Å². The third-order valence-corrected chi connectivity index (χ3v) is 7.58. The monoisotopic (exact) mass is 428 g/mol. The van der Waals surface area contributed by atoms with Crippen molar-refractivity contribution in [3.8, 4) is 0 Å². The second kappa shape index (κ2) is 8.80. The van der Waals surface area contributed by atoms with Gasteiger partial charge in [0, 0.05) is 19.1 Å². The van der Waals surface area contributed by atoms with Crippen LogP contribution in [-0.4, -0.2) is 49.8 Å². The summed E-state index contributed by atoms with van der Waals surface area (Å²) in [5.41, 5.74) is 0.0442. The highest BCUT2D eigenvalue weighted by atomic mass is 35.5. The van der Waals surface area contributed by atoms with Gasteiger partial charge in [-0.25, -0.2) is 13.2 Å². The summed E-state index contributed by atoms with van der Waals surface area (Å²) >= 11 is 6.09. The number of sulfonamides is 1. The molecule has 3 rings (SSSR count). The zero-order chi connectivity index (χ0) is 20.3. The van der Waals surface area contributed by atoms with Crippen LogP contribution in [0, 0.1) is 0 Å². The van der Waals surface area contributed by atoms with Gasteiger partial charge in [0.1, 0.15) is 4.90 Å². The summed E-state index contributed by atoms with van der Waals surface area (Å²) in [6.45, 7) is 2.37. The van der Waals surface area contributed by atoms with Crippen molar-refractivity contribution >= 4 is 33.5 Å². The van der Waals surface area contributed by atoms with Crippen molar-refractivity contribution in [2.75, 3.05) is 13.1 Å². The van der Waals surface area contributed by atoms with Gasteiger partial charge in [0.25, 0.3) is 5.91 Å². The molecule has 154 valence electrons. The topological polar surface area (TPSA) is 92.8 Å². The predicted molar refractivity (Wildman–Crippen MR) is 105 cm³/mol. The highest BCUT2D eigenvalue weighted by Crippen LogP contribution is 2.28. The average molecular weight is 429 g/mol. The lowest BCUT2D eigenvalue weighted by molar-refractivity contribution is -0.129. The maximum absolute atomic E-state index is 12.8. The van der Waals surface area contributed by atoms with E-state index in [2.05, 4.69) is 5.32 Å². The molecule has 1 saturated heterocycles. The molecule has 1 aliphatic carbocycles. The van der Waals surface area contributed by atoms with Gasteiger partial charge < -0.3 is 10.1 Å². The van der Waals surface area contributed by atoms with Crippen molar-refractivity contribution in [3.63, 3.8) is 0 Å². The van der Waals surface area contributed by atoms with Gasteiger partial charge in [-0.3, -0.25) is 4.79 Å². The van der Waals surface area contributed by atoms with Crippen LogP contribution in [0.1, 0.15) is 55.8 Å². The molecule has 1 atom stereocenters. The molecule has 1 aliphatic heterocycles. The number of nitrogens with zero attached hydrogens (tertiary/aromatic N) is 1. The molecule has 2 aliphatic rings. The highest BCUT2D eigenvalue weighted by molar-refractivity contribution is 7.89. The zero-order valence-corrected chi connectivity index (χ0v) is 17.4. The summed E-state index contributed by atoms with van der Waals surface area (Å²) in [6, 6.07) is 4.11. The standard InChI is InChI=1S/C19H25ClN2O5S/c1-13(18(23)21-15-6-2-3-7-15)27-19(24)14-8-9-16(20)17(12-14)28(25,26)22-10-4-5-11-22/h8-9,12-13,15H,2-7,10-11H2,1H3,(H,21,23)/t13-/m0/s1. The van der Waals surface area contributed by atoms with Crippen molar-refractivity contribution in [3.05, 3.63) is 28.8 Å². The van der Waals surface area contributed by atoms with E-state index in [4.69, 9.17) is 16.3 Å². The number of nitrogens with one attached hydrogen (secondary N) is 1. The van der Waals surface area contributed by atoms with Crippen molar-refractivity contribution in [1.82, 2.24) is 9.62 Å². The van der Waals surface area contributed by atoms with Gasteiger partial charge >= 0.3 is 5.97 Å². The van der Waals surface area contributed by atoms with Crippen molar-refractivity contribution < 1.29 is 22.7 Å². The quantitative estimate of drug-likeness (QED) is 0.703. The Morgan fingerprint density at radius 1 is 1.18 bits per heavy atom. The zero-order valence-electron chi connectivity index (χ0n) is 15.8. The number of halogens is 1. The van der Waals surface area contributed by atoms with Crippen LogP contribution in [-0.2, 0) is 19.6 Å². The van der Waals surface area contributed by atoms with Gasteiger partial charge in [-0.2, -0.15) is 4.31 Å². The minimum absolute atomic E-state index is 0.0442. The van der Waals surface area contributed by atoms with E-state index in [1.807, 2.05) is 0 Å². The smallest absolute Gasteiger partial charge is 0.338 e. The minimum atomic E-state index is -3.77. The molecule has 1 saturated carbocycles. The van der Waals surface area contributed by atoms with Crippen LogP contribution in [0.5, 0.6) is 0 Å². The molecule has 1 aromatic carbocycles. The molecule has 0 bridgehead atoms. The Labute approximate surface area is 170 Å². The lowest BCUT2D eigenvalue weighted by atomic mass is 10.2. The average Bonchev–Trinajstić information content (AvgIpc) is 3.36. The van der Waals surface area contributed by atoms with Crippen LogP contribution >= 0.6 is 11.6 Å². The van der Waals surface area contributed by atoms with Crippen molar-refractivity contribution in [2.24, 2.45) is 0 Å². The summed E-state index contributed by atoms with van der Waals surface area (Å²) in [4.78, 5) is 24.5. The maximum Gasteiger partial charge on any atom is 0.338 e. The Morgan fingerprint density at radius 3 is 2.46 bits per heavy atom. The molecule has 9 heteroatoms. The third kappa shape index (κ3) is 4.67. The first-order valence-corrected chi connectivity index (χ1v) is 11.4. The van der Waals surface area contributed by atoms with Crippen LogP contribution in [0.25, 0.3) is 0 Å². The Hall–Kier alpha value is -1.64. The summed E-state index contributed by atoms with van der Waals surface area (Å²) in [7, 11) is -3.77. The second-order valence-corrected chi connectivity index (χ2v) is 9.61. The lowest BCUT2D eigenvalue weighted by Gasteiger charge is -2.18. The molecule has 2 fully saturated rings. The van der Waals surface area contributed by atoms with Gasteiger partial charge in [-0.05, 0) is 50.8 Å². The van der Waals surface area contributed by atoms with Crippen LogP contribution in [0.15, 0.2) is 23.1 Å². The largest absolute Gasteiger partial charge is 0.449 e. The number of carbonyl (C=O) groups is 2. The number of carbonyl (C=O) groups excluding carboxylic acids is 2. The number of hydrogen-bond acceptors (Lipinski definition) is 5. The molecule has 28 heavy (non-hydrogen) atoms. The molecular weight excluding hydrogens is 404 g/mol. The van der Waals surface area contributed by atoms with E-state index in [1.165, 1.54) is 29.4 Å². The number of rotatable bonds is 6.